The van der Waals surface area contributed by atoms with E-state index in [2.05, 4.69) is 42.8 Å². The minimum atomic E-state index is -0.475. The van der Waals surface area contributed by atoms with E-state index in [1.165, 1.54) is 0 Å². The molecule has 116 valence electrons. The summed E-state index contributed by atoms with van der Waals surface area (Å²) in [6.07, 6.45) is 5.18. The Balaban J connectivity index is 1.91. The van der Waals surface area contributed by atoms with Crippen molar-refractivity contribution >= 4 is 34.6 Å². The van der Waals surface area contributed by atoms with Crippen molar-refractivity contribution in [2.24, 2.45) is 0 Å². The van der Waals surface area contributed by atoms with Gasteiger partial charge in [-0.1, -0.05) is 0 Å². The summed E-state index contributed by atoms with van der Waals surface area (Å²) in [5, 5.41) is 2.93. The van der Waals surface area contributed by atoms with Crippen LogP contribution in [0.1, 0.15) is 33.6 Å². The number of halogens is 1. The highest BCUT2D eigenvalue weighted by Gasteiger charge is 2.25. The topological polar surface area (TPSA) is 67.3 Å². The Hall–Kier alpha value is -1.12. The number of carbonyl (C=O) groups excluding carboxylic acids is 1. The lowest BCUT2D eigenvalue weighted by molar-refractivity contribution is 0.0500. The van der Waals surface area contributed by atoms with Crippen LogP contribution in [0.3, 0.4) is 0 Å². The standard InChI is InChI=1S/C14H21IN4O2/c1-14(2,3)21-13(20)18-11-5-4-6-19(9-11)12-16-7-10(15)8-17-12/h7-8,11H,4-6,9H2,1-3H3,(H,18,20). The van der Waals surface area contributed by atoms with Crippen LogP contribution < -0.4 is 10.2 Å². The van der Waals surface area contributed by atoms with Crippen LogP contribution in [0.15, 0.2) is 12.4 Å². The molecule has 1 aromatic heterocycles. The van der Waals surface area contributed by atoms with Gasteiger partial charge in [0.2, 0.25) is 5.95 Å². The van der Waals surface area contributed by atoms with Crippen molar-refractivity contribution in [3.8, 4) is 0 Å². The minimum Gasteiger partial charge on any atom is -0.444 e. The Morgan fingerprint density at radius 2 is 2.10 bits per heavy atom. The van der Waals surface area contributed by atoms with Crippen molar-refractivity contribution in [2.75, 3.05) is 18.0 Å². The largest absolute Gasteiger partial charge is 0.444 e. The predicted octanol–water partition coefficient (Wildman–Crippen LogP) is 2.57. The molecule has 1 aromatic rings. The molecular formula is C14H21IN4O2. The second-order valence-corrected chi connectivity index (χ2v) is 7.38. The van der Waals surface area contributed by atoms with Crippen LogP contribution in [0.4, 0.5) is 10.7 Å². The second-order valence-electron chi connectivity index (χ2n) is 6.13. The van der Waals surface area contributed by atoms with E-state index >= 15 is 0 Å². The molecule has 0 aromatic carbocycles. The van der Waals surface area contributed by atoms with Gasteiger partial charge in [-0.2, -0.15) is 0 Å². The van der Waals surface area contributed by atoms with E-state index in [0.29, 0.717) is 12.5 Å². The molecule has 0 spiro atoms. The molecule has 1 saturated heterocycles. The lowest BCUT2D eigenvalue weighted by atomic mass is 10.1. The van der Waals surface area contributed by atoms with Crippen LogP contribution in [0.25, 0.3) is 0 Å². The van der Waals surface area contributed by atoms with Gasteiger partial charge in [0.1, 0.15) is 5.60 Å². The molecular weight excluding hydrogens is 383 g/mol. The zero-order valence-electron chi connectivity index (χ0n) is 12.6. The molecule has 7 heteroatoms. The van der Waals surface area contributed by atoms with Gasteiger partial charge in [0.05, 0.1) is 0 Å². The number of aromatic nitrogens is 2. The number of alkyl carbamates (subject to hydrolysis) is 1. The van der Waals surface area contributed by atoms with Crippen molar-refractivity contribution < 1.29 is 9.53 Å². The molecule has 1 N–H and O–H groups in total. The third-order valence-corrected chi connectivity index (χ3v) is 3.59. The Bertz CT molecular complexity index is 487. The molecule has 0 saturated carbocycles. The predicted molar refractivity (Wildman–Crippen MR) is 89.4 cm³/mol. The van der Waals surface area contributed by atoms with E-state index in [1.54, 1.807) is 12.4 Å². The molecule has 2 rings (SSSR count). The highest BCUT2D eigenvalue weighted by Crippen LogP contribution is 2.17. The summed E-state index contributed by atoms with van der Waals surface area (Å²) in [4.78, 5) is 22.6. The molecule has 1 atom stereocenters. The number of hydrogen-bond donors (Lipinski definition) is 1. The maximum Gasteiger partial charge on any atom is 0.407 e. The number of piperidine rings is 1. The first kappa shape index (κ1) is 16.3. The molecule has 1 aliphatic rings. The van der Waals surface area contributed by atoms with Crippen molar-refractivity contribution in [3.05, 3.63) is 16.0 Å². The normalized spacial score (nSPS) is 19.2. The fraction of sp³-hybridized carbons (Fsp3) is 0.643. The lowest BCUT2D eigenvalue weighted by Gasteiger charge is -2.33. The Morgan fingerprint density at radius 3 is 2.71 bits per heavy atom. The lowest BCUT2D eigenvalue weighted by Crippen LogP contribution is -2.49. The second kappa shape index (κ2) is 6.76. The van der Waals surface area contributed by atoms with E-state index < -0.39 is 5.60 Å². The van der Waals surface area contributed by atoms with Crippen molar-refractivity contribution in [1.82, 2.24) is 15.3 Å². The van der Waals surface area contributed by atoms with Gasteiger partial charge in [-0.15, -0.1) is 0 Å². The van der Waals surface area contributed by atoms with Gasteiger partial charge in [0.15, 0.2) is 0 Å². The summed E-state index contributed by atoms with van der Waals surface area (Å²) < 4.78 is 6.31. The van der Waals surface area contributed by atoms with Crippen molar-refractivity contribution in [1.29, 1.82) is 0 Å². The summed E-state index contributed by atoms with van der Waals surface area (Å²) in [7, 11) is 0. The first-order chi connectivity index (χ1) is 9.83. The van der Waals surface area contributed by atoms with Crippen LogP contribution >= 0.6 is 22.6 Å². The summed E-state index contributed by atoms with van der Waals surface area (Å²) in [5.41, 5.74) is -0.475. The van der Waals surface area contributed by atoms with Crippen LogP contribution in [0.2, 0.25) is 0 Å². The molecule has 1 aliphatic heterocycles. The smallest absolute Gasteiger partial charge is 0.407 e. The number of carbonyl (C=O) groups is 1. The van der Waals surface area contributed by atoms with E-state index in [-0.39, 0.29) is 12.1 Å². The monoisotopic (exact) mass is 404 g/mol. The molecule has 21 heavy (non-hydrogen) atoms. The minimum absolute atomic E-state index is 0.0662. The molecule has 0 aliphatic carbocycles. The molecule has 6 nitrogen and oxygen atoms in total. The zero-order valence-corrected chi connectivity index (χ0v) is 14.8. The van der Waals surface area contributed by atoms with Gasteiger partial charge in [-0.05, 0) is 56.2 Å². The first-order valence-electron chi connectivity index (χ1n) is 7.05. The summed E-state index contributed by atoms with van der Waals surface area (Å²) >= 11 is 2.18. The third kappa shape index (κ3) is 5.29. The van der Waals surface area contributed by atoms with Crippen LogP contribution in [-0.2, 0) is 4.74 Å². The average Bonchev–Trinajstić information content (AvgIpc) is 2.37. The van der Waals surface area contributed by atoms with E-state index in [1.807, 2.05) is 20.8 Å². The molecule has 1 amide bonds. The Morgan fingerprint density at radius 1 is 1.43 bits per heavy atom. The number of ether oxygens (including phenoxy) is 1. The van der Waals surface area contributed by atoms with Gasteiger partial charge < -0.3 is 15.0 Å². The van der Waals surface area contributed by atoms with Crippen molar-refractivity contribution in [2.45, 2.75) is 45.3 Å². The maximum absolute atomic E-state index is 11.8. The van der Waals surface area contributed by atoms with Crippen molar-refractivity contribution in [3.63, 3.8) is 0 Å². The van der Waals surface area contributed by atoms with E-state index in [4.69, 9.17) is 4.74 Å². The van der Waals surface area contributed by atoms with Gasteiger partial charge in [-0.25, -0.2) is 14.8 Å². The average molecular weight is 404 g/mol. The first-order valence-corrected chi connectivity index (χ1v) is 8.13. The Labute approximate surface area is 138 Å². The summed E-state index contributed by atoms with van der Waals surface area (Å²) in [6.45, 7) is 7.20. The number of nitrogens with zero attached hydrogens (tertiary/aromatic N) is 3. The molecule has 0 radical (unpaired) electrons. The van der Waals surface area contributed by atoms with E-state index in [9.17, 15) is 4.79 Å². The fourth-order valence-corrected chi connectivity index (χ4v) is 2.50. The number of hydrogen-bond acceptors (Lipinski definition) is 5. The molecule has 1 unspecified atom stereocenters. The van der Waals surface area contributed by atoms with Gasteiger partial charge >= 0.3 is 6.09 Å². The highest BCUT2D eigenvalue weighted by molar-refractivity contribution is 14.1. The molecule has 0 bridgehead atoms. The SMILES string of the molecule is CC(C)(C)OC(=O)NC1CCCN(c2ncc(I)cn2)C1. The molecule has 2 heterocycles. The highest BCUT2D eigenvalue weighted by atomic mass is 127. The number of nitrogens with one attached hydrogen (secondary N) is 1. The van der Waals surface area contributed by atoms with Gasteiger partial charge in [0.25, 0.3) is 0 Å². The maximum atomic E-state index is 11.8. The quantitative estimate of drug-likeness (QED) is 0.768. The molecule has 1 fully saturated rings. The van der Waals surface area contributed by atoms with Gasteiger partial charge in [-0.3, -0.25) is 0 Å². The van der Waals surface area contributed by atoms with Crippen LogP contribution in [-0.4, -0.2) is 40.8 Å². The third-order valence-electron chi connectivity index (χ3n) is 3.03. The fourth-order valence-electron chi connectivity index (χ4n) is 2.22. The van der Waals surface area contributed by atoms with Gasteiger partial charge in [0, 0.05) is 35.1 Å². The zero-order chi connectivity index (χ0) is 15.5. The summed E-state index contributed by atoms with van der Waals surface area (Å²) in [6, 6.07) is 0.0662. The Kier molecular flexibility index (Phi) is 5.23. The summed E-state index contributed by atoms with van der Waals surface area (Å²) in [5.74, 6) is 0.714. The number of anilines is 1. The number of rotatable bonds is 2. The van der Waals surface area contributed by atoms with Crippen LogP contribution in [0.5, 0.6) is 0 Å². The van der Waals surface area contributed by atoms with E-state index in [0.717, 1.165) is 23.0 Å². The number of amides is 1. The van der Waals surface area contributed by atoms with Crippen LogP contribution in [0, 0.1) is 3.57 Å².